The van der Waals surface area contributed by atoms with Gasteiger partial charge in [0.05, 0.1) is 6.61 Å². The van der Waals surface area contributed by atoms with Gasteiger partial charge in [-0.25, -0.2) is 0 Å². The van der Waals surface area contributed by atoms with Gasteiger partial charge < -0.3 is 15.4 Å². The molecule has 0 spiro atoms. The maximum absolute atomic E-state index is 11.6. The molecule has 2 aliphatic rings. The first-order valence-corrected chi connectivity index (χ1v) is 6.38. The summed E-state index contributed by atoms with van der Waals surface area (Å²) in [6.07, 6.45) is 6.42. The zero-order valence-electron chi connectivity index (χ0n) is 9.86. The van der Waals surface area contributed by atoms with Crippen LogP contribution < -0.4 is 5.73 Å². The van der Waals surface area contributed by atoms with E-state index in [2.05, 4.69) is 0 Å². The minimum atomic E-state index is 0.0949. The topological polar surface area (TPSA) is 55.6 Å². The molecule has 4 heteroatoms. The normalized spacial score (nSPS) is 25.8. The van der Waals surface area contributed by atoms with Gasteiger partial charge in [0, 0.05) is 19.1 Å². The molecule has 0 aromatic heterocycles. The van der Waals surface area contributed by atoms with Crippen LogP contribution in [0.4, 0.5) is 0 Å². The second-order valence-corrected chi connectivity index (χ2v) is 4.95. The van der Waals surface area contributed by atoms with E-state index in [1.54, 1.807) is 0 Å². The monoisotopic (exact) mass is 226 g/mol. The molecule has 0 aromatic carbocycles. The maximum atomic E-state index is 11.6. The van der Waals surface area contributed by atoms with E-state index in [4.69, 9.17) is 10.5 Å². The fourth-order valence-electron chi connectivity index (χ4n) is 2.71. The molecule has 1 aliphatic carbocycles. The smallest absolute Gasteiger partial charge is 0.248 e. The number of ether oxygens (including phenoxy) is 1. The van der Waals surface area contributed by atoms with Gasteiger partial charge in [0.15, 0.2) is 0 Å². The van der Waals surface area contributed by atoms with E-state index in [0.29, 0.717) is 25.6 Å². The van der Waals surface area contributed by atoms with Crippen molar-refractivity contribution >= 4 is 5.91 Å². The molecule has 0 aromatic rings. The summed E-state index contributed by atoms with van der Waals surface area (Å²) in [6.45, 7) is 2.31. The highest BCUT2D eigenvalue weighted by Crippen LogP contribution is 2.26. The molecular formula is C12H22N2O2. The summed E-state index contributed by atoms with van der Waals surface area (Å²) in [6, 6.07) is 0.155. The van der Waals surface area contributed by atoms with Gasteiger partial charge in [-0.3, -0.25) is 4.79 Å². The zero-order chi connectivity index (χ0) is 11.4. The summed E-state index contributed by atoms with van der Waals surface area (Å²) < 4.78 is 5.11. The Balaban J connectivity index is 1.80. The van der Waals surface area contributed by atoms with Crippen molar-refractivity contribution in [2.75, 3.05) is 26.3 Å². The van der Waals surface area contributed by atoms with E-state index in [1.807, 2.05) is 4.90 Å². The first kappa shape index (κ1) is 11.9. The zero-order valence-corrected chi connectivity index (χ0v) is 9.86. The van der Waals surface area contributed by atoms with Crippen LogP contribution in [0.25, 0.3) is 0 Å². The molecule has 16 heavy (non-hydrogen) atoms. The molecule has 0 radical (unpaired) electrons. The molecule has 4 nitrogen and oxygen atoms in total. The highest BCUT2D eigenvalue weighted by Gasteiger charge is 2.26. The molecule has 2 fully saturated rings. The van der Waals surface area contributed by atoms with Crippen LogP contribution in [0.3, 0.4) is 0 Å². The molecule has 0 bridgehead atoms. The highest BCUT2D eigenvalue weighted by atomic mass is 16.5. The first-order chi connectivity index (χ1) is 7.77. The largest absolute Gasteiger partial charge is 0.370 e. The number of rotatable bonds is 3. The summed E-state index contributed by atoms with van der Waals surface area (Å²) in [5.74, 6) is 0.710. The van der Waals surface area contributed by atoms with Crippen LogP contribution in [-0.2, 0) is 9.53 Å². The molecule has 1 saturated carbocycles. The van der Waals surface area contributed by atoms with Crippen molar-refractivity contribution in [1.29, 1.82) is 0 Å². The molecule has 1 atom stereocenters. The fourth-order valence-corrected chi connectivity index (χ4v) is 2.71. The lowest BCUT2D eigenvalue weighted by atomic mass is 9.84. The summed E-state index contributed by atoms with van der Waals surface area (Å²) >= 11 is 0. The van der Waals surface area contributed by atoms with Crippen LogP contribution in [0.1, 0.15) is 32.1 Å². The van der Waals surface area contributed by atoms with E-state index in [9.17, 15) is 4.79 Å². The van der Waals surface area contributed by atoms with Crippen LogP contribution in [0, 0.1) is 5.92 Å². The van der Waals surface area contributed by atoms with Crippen molar-refractivity contribution in [2.24, 2.45) is 11.7 Å². The molecular weight excluding hydrogens is 204 g/mol. The quantitative estimate of drug-likeness (QED) is 0.772. The van der Waals surface area contributed by atoms with Crippen LogP contribution in [-0.4, -0.2) is 43.2 Å². The Hall–Kier alpha value is -0.610. The van der Waals surface area contributed by atoms with E-state index < -0.39 is 0 Å². The van der Waals surface area contributed by atoms with Crippen molar-refractivity contribution in [3.05, 3.63) is 0 Å². The van der Waals surface area contributed by atoms with Crippen LogP contribution in [0.5, 0.6) is 0 Å². The van der Waals surface area contributed by atoms with Crippen molar-refractivity contribution in [2.45, 2.75) is 38.1 Å². The van der Waals surface area contributed by atoms with Gasteiger partial charge in [0.2, 0.25) is 5.91 Å². The molecule has 1 aliphatic heterocycles. The second kappa shape index (κ2) is 5.64. The van der Waals surface area contributed by atoms with Crippen molar-refractivity contribution in [3.8, 4) is 0 Å². The summed E-state index contributed by atoms with van der Waals surface area (Å²) in [5.41, 5.74) is 6.21. The van der Waals surface area contributed by atoms with Gasteiger partial charge in [-0.1, -0.05) is 19.3 Å². The molecule has 1 unspecified atom stereocenters. The summed E-state index contributed by atoms with van der Waals surface area (Å²) in [4.78, 5) is 13.4. The SMILES string of the molecule is NC(CN1CCOCC1=O)C1CCCCC1. The Morgan fingerprint density at radius 1 is 1.38 bits per heavy atom. The van der Waals surface area contributed by atoms with Crippen LogP contribution in [0.15, 0.2) is 0 Å². The van der Waals surface area contributed by atoms with Gasteiger partial charge in [0.25, 0.3) is 0 Å². The second-order valence-electron chi connectivity index (χ2n) is 4.95. The molecule has 2 N–H and O–H groups in total. The Bertz CT molecular complexity index is 239. The predicted octanol–water partition coefficient (Wildman–Crippen LogP) is 0.753. The Morgan fingerprint density at radius 3 is 2.81 bits per heavy atom. The van der Waals surface area contributed by atoms with Gasteiger partial charge in [-0.15, -0.1) is 0 Å². The molecule has 1 heterocycles. The number of carbonyl (C=O) groups is 1. The lowest BCUT2D eigenvalue weighted by molar-refractivity contribution is -0.143. The van der Waals surface area contributed by atoms with Gasteiger partial charge in [0.1, 0.15) is 6.61 Å². The number of hydrogen-bond acceptors (Lipinski definition) is 3. The van der Waals surface area contributed by atoms with Crippen molar-refractivity contribution < 1.29 is 9.53 Å². The van der Waals surface area contributed by atoms with Gasteiger partial charge in [-0.2, -0.15) is 0 Å². The summed E-state index contributed by atoms with van der Waals surface area (Å²) in [5, 5.41) is 0. The summed E-state index contributed by atoms with van der Waals surface area (Å²) in [7, 11) is 0. The number of carbonyl (C=O) groups excluding carboxylic acids is 1. The van der Waals surface area contributed by atoms with E-state index in [0.717, 1.165) is 0 Å². The lowest BCUT2D eigenvalue weighted by Crippen LogP contribution is -2.49. The highest BCUT2D eigenvalue weighted by molar-refractivity contribution is 5.78. The average molecular weight is 226 g/mol. The number of nitrogens with two attached hydrogens (primary N) is 1. The number of morpholine rings is 1. The van der Waals surface area contributed by atoms with Crippen LogP contribution in [0.2, 0.25) is 0 Å². The van der Waals surface area contributed by atoms with Crippen molar-refractivity contribution in [3.63, 3.8) is 0 Å². The Labute approximate surface area is 97.1 Å². The van der Waals surface area contributed by atoms with Crippen molar-refractivity contribution in [1.82, 2.24) is 4.90 Å². The minimum Gasteiger partial charge on any atom is -0.370 e. The fraction of sp³-hybridized carbons (Fsp3) is 0.917. The van der Waals surface area contributed by atoms with Gasteiger partial charge in [-0.05, 0) is 18.8 Å². The Morgan fingerprint density at radius 2 is 2.12 bits per heavy atom. The molecule has 1 amide bonds. The predicted molar refractivity (Wildman–Crippen MR) is 61.9 cm³/mol. The Kier molecular flexibility index (Phi) is 4.18. The molecule has 92 valence electrons. The maximum Gasteiger partial charge on any atom is 0.248 e. The third kappa shape index (κ3) is 2.95. The van der Waals surface area contributed by atoms with E-state index >= 15 is 0 Å². The van der Waals surface area contributed by atoms with Gasteiger partial charge >= 0.3 is 0 Å². The third-order valence-corrected chi connectivity index (χ3v) is 3.77. The van der Waals surface area contributed by atoms with E-state index in [1.165, 1.54) is 32.1 Å². The molecule has 2 rings (SSSR count). The van der Waals surface area contributed by atoms with E-state index in [-0.39, 0.29) is 18.6 Å². The number of nitrogens with zero attached hydrogens (tertiary/aromatic N) is 1. The minimum absolute atomic E-state index is 0.0949. The average Bonchev–Trinajstić information content (AvgIpc) is 2.33. The molecule has 1 saturated heterocycles. The lowest BCUT2D eigenvalue weighted by Gasteiger charge is -2.33. The first-order valence-electron chi connectivity index (χ1n) is 6.38. The van der Waals surface area contributed by atoms with Crippen LogP contribution >= 0.6 is 0 Å². The third-order valence-electron chi connectivity index (χ3n) is 3.77. The number of hydrogen-bond donors (Lipinski definition) is 1. The standard InChI is InChI=1S/C12H22N2O2/c13-11(10-4-2-1-3-5-10)8-14-6-7-16-9-12(14)15/h10-11H,1-9,13H2. The number of amides is 1.